The number of fused-ring (bicyclic) bond motifs is 1. The minimum Gasteiger partial charge on any atom is -0.446 e. The summed E-state index contributed by atoms with van der Waals surface area (Å²) in [5.41, 5.74) is 4.17. The number of alkyl halides is 1. The molecule has 0 saturated carbocycles. The zero-order valence-electron chi connectivity index (χ0n) is 9.59. The Morgan fingerprint density at radius 2 is 2.37 bits per heavy atom. The third-order valence-corrected chi connectivity index (χ3v) is 3.29. The summed E-state index contributed by atoms with van der Waals surface area (Å²) in [5.74, 6) is 0.138. The summed E-state index contributed by atoms with van der Waals surface area (Å²) in [6.07, 6.45) is 0. The van der Waals surface area contributed by atoms with Gasteiger partial charge in [0, 0.05) is 5.38 Å². The van der Waals surface area contributed by atoms with E-state index in [1.54, 1.807) is 17.6 Å². The minimum absolute atomic E-state index is 0.182. The standard InChI is InChI=1S/C12H8ClN3O2S/c13-5-18-12(17)7-2-1-3-8-10(7)16-11(15-8)9-4-19-6-14-9/h1-4,6H,5H2,(H,15,16). The number of hydrogen-bond donors (Lipinski definition) is 1. The van der Waals surface area contributed by atoms with Gasteiger partial charge in [-0.3, -0.25) is 0 Å². The number of hydrogen-bond acceptors (Lipinski definition) is 5. The molecular weight excluding hydrogens is 286 g/mol. The molecule has 7 heteroatoms. The molecule has 0 bridgehead atoms. The van der Waals surface area contributed by atoms with Gasteiger partial charge in [0.05, 0.1) is 16.6 Å². The van der Waals surface area contributed by atoms with Crippen LogP contribution in [0.5, 0.6) is 0 Å². The predicted octanol–water partition coefficient (Wildman–Crippen LogP) is 3.04. The average molecular weight is 294 g/mol. The van der Waals surface area contributed by atoms with Crippen LogP contribution in [0.2, 0.25) is 0 Å². The average Bonchev–Trinajstić information content (AvgIpc) is 3.06. The number of rotatable bonds is 3. The summed E-state index contributed by atoms with van der Waals surface area (Å²) >= 11 is 6.89. The van der Waals surface area contributed by atoms with Crippen LogP contribution < -0.4 is 0 Å². The number of para-hydroxylation sites is 1. The molecule has 1 aromatic carbocycles. The van der Waals surface area contributed by atoms with E-state index in [9.17, 15) is 4.79 Å². The second-order valence-electron chi connectivity index (χ2n) is 3.70. The lowest BCUT2D eigenvalue weighted by atomic mass is 10.2. The van der Waals surface area contributed by atoms with E-state index in [4.69, 9.17) is 16.3 Å². The van der Waals surface area contributed by atoms with E-state index in [1.165, 1.54) is 11.3 Å². The van der Waals surface area contributed by atoms with Gasteiger partial charge in [0.15, 0.2) is 11.9 Å². The van der Waals surface area contributed by atoms with Gasteiger partial charge in [-0.05, 0) is 12.1 Å². The number of carbonyl (C=O) groups is 1. The fourth-order valence-electron chi connectivity index (χ4n) is 1.77. The highest BCUT2D eigenvalue weighted by atomic mass is 35.5. The molecule has 0 aliphatic rings. The van der Waals surface area contributed by atoms with Gasteiger partial charge in [-0.15, -0.1) is 11.3 Å². The summed E-state index contributed by atoms with van der Waals surface area (Å²) in [6.45, 7) is 0. The van der Waals surface area contributed by atoms with Crippen molar-refractivity contribution in [1.82, 2.24) is 15.0 Å². The van der Waals surface area contributed by atoms with Crippen LogP contribution in [0, 0.1) is 0 Å². The van der Waals surface area contributed by atoms with E-state index >= 15 is 0 Å². The molecule has 0 spiro atoms. The van der Waals surface area contributed by atoms with Crippen LogP contribution in [0.25, 0.3) is 22.6 Å². The van der Waals surface area contributed by atoms with Gasteiger partial charge < -0.3 is 9.72 Å². The van der Waals surface area contributed by atoms with Crippen LogP contribution >= 0.6 is 22.9 Å². The maximum Gasteiger partial charge on any atom is 0.341 e. The first-order valence-corrected chi connectivity index (χ1v) is 6.87. The van der Waals surface area contributed by atoms with Crippen molar-refractivity contribution in [2.24, 2.45) is 0 Å². The van der Waals surface area contributed by atoms with Crippen LogP contribution in [-0.4, -0.2) is 27.0 Å². The normalized spacial score (nSPS) is 10.8. The van der Waals surface area contributed by atoms with E-state index in [1.807, 2.05) is 11.4 Å². The van der Waals surface area contributed by atoms with E-state index in [2.05, 4.69) is 15.0 Å². The third kappa shape index (κ3) is 2.20. The lowest BCUT2D eigenvalue weighted by Crippen LogP contribution is -2.04. The Morgan fingerprint density at radius 3 is 3.11 bits per heavy atom. The molecule has 0 aliphatic heterocycles. The number of thiazole rings is 1. The van der Waals surface area contributed by atoms with Gasteiger partial charge >= 0.3 is 5.97 Å². The Hall–Kier alpha value is -1.92. The number of ether oxygens (including phenoxy) is 1. The maximum absolute atomic E-state index is 11.8. The number of H-pyrrole nitrogens is 1. The topological polar surface area (TPSA) is 67.9 Å². The molecule has 3 aromatic rings. The number of imidazole rings is 1. The van der Waals surface area contributed by atoms with Gasteiger partial charge in [-0.1, -0.05) is 17.7 Å². The molecule has 2 heterocycles. The van der Waals surface area contributed by atoms with E-state index in [-0.39, 0.29) is 6.07 Å². The highest BCUT2D eigenvalue weighted by Gasteiger charge is 2.15. The predicted molar refractivity (Wildman–Crippen MR) is 73.3 cm³/mol. The van der Waals surface area contributed by atoms with Crippen molar-refractivity contribution in [1.29, 1.82) is 0 Å². The smallest absolute Gasteiger partial charge is 0.341 e. The second-order valence-corrected chi connectivity index (χ2v) is 4.64. The Balaban J connectivity index is 2.12. The molecule has 0 saturated heterocycles. The number of nitrogens with zero attached hydrogens (tertiary/aromatic N) is 2. The van der Waals surface area contributed by atoms with Crippen molar-refractivity contribution in [2.45, 2.75) is 0 Å². The largest absolute Gasteiger partial charge is 0.446 e. The molecular formula is C12H8ClN3O2S. The fourth-order valence-corrected chi connectivity index (χ4v) is 2.41. The van der Waals surface area contributed by atoms with Crippen molar-refractivity contribution in [3.05, 3.63) is 34.7 Å². The van der Waals surface area contributed by atoms with Crippen molar-refractivity contribution >= 4 is 39.9 Å². The first-order valence-electron chi connectivity index (χ1n) is 5.40. The van der Waals surface area contributed by atoms with Crippen LogP contribution in [0.15, 0.2) is 29.1 Å². The van der Waals surface area contributed by atoms with Crippen molar-refractivity contribution in [2.75, 3.05) is 6.07 Å². The van der Waals surface area contributed by atoms with E-state index < -0.39 is 5.97 Å². The number of carbonyl (C=O) groups excluding carboxylic acids is 1. The summed E-state index contributed by atoms with van der Waals surface area (Å²) < 4.78 is 4.80. The van der Waals surface area contributed by atoms with E-state index in [0.29, 0.717) is 16.9 Å². The van der Waals surface area contributed by atoms with E-state index in [0.717, 1.165) is 11.2 Å². The Bertz CT molecular complexity index is 724. The Kier molecular flexibility index (Phi) is 3.18. The number of nitrogens with one attached hydrogen (secondary N) is 1. The van der Waals surface area contributed by atoms with Crippen LogP contribution in [-0.2, 0) is 4.74 Å². The highest BCUT2D eigenvalue weighted by molar-refractivity contribution is 7.07. The first-order chi connectivity index (χ1) is 9.29. The summed E-state index contributed by atoms with van der Waals surface area (Å²) in [6, 6.07) is 5.08. The molecule has 0 amide bonds. The molecule has 0 fully saturated rings. The van der Waals surface area contributed by atoms with Gasteiger partial charge in [0.1, 0.15) is 11.2 Å². The molecule has 3 rings (SSSR count). The Morgan fingerprint density at radius 1 is 1.47 bits per heavy atom. The second kappa shape index (κ2) is 4.99. The summed E-state index contributed by atoms with van der Waals surface area (Å²) in [4.78, 5) is 23.5. The first kappa shape index (κ1) is 12.1. The maximum atomic E-state index is 11.8. The highest BCUT2D eigenvalue weighted by Crippen LogP contribution is 2.23. The summed E-state index contributed by atoms with van der Waals surface area (Å²) in [7, 11) is 0. The molecule has 19 heavy (non-hydrogen) atoms. The third-order valence-electron chi connectivity index (χ3n) is 2.59. The SMILES string of the molecule is O=C(OCCl)c1cccc2[nH]c(-c3cscn3)nc12. The van der Waals surface area contributed by atoms with Crippen molar-refractivity contribution in [3.63, 3.8) is 0 Å². The Labute approximate surface area is 117 Å². The molecule has 0 unspecified atom stereocenters. The van der Waals surface area contributed by atoms with Gasteiger partial charge in [0.2, 0.25) is 0 Å². The van der Waals surface area contributed by atoms with Gasteiger partial charge in [-0.25, -0.2) is 14.8 Å². The number of aromatic nitrogens is 3. The molecule has 2 aromatic heterocycles. The van der Waals surface area contributed by atoms with Crippen molar-refractivity contribution in [3.8, 4) is 11.5 Å². The molecule has 0 aliphatic carbocycles. The number of aromatic amines is 1. The minimum atomic E-state index is -0.489. The monoisotopic (exact) mass is 293 g/mol. The van der Waals surface area contributed by atoms with Crippen LogP contribution in [0.1, 0.15) is 10.4 Å². The number of benzene rings is 1. The van der Waals surface area contributed by atoms with Crippen LogP contribution in [0.3, 0.4) is 0 Å². The summed E-state index contributed by atoms with van der Waals surface area (Å²) in [5, 5.41) is 1.88. The zero-order chi connectivity index (χ0) is 13.2. The van der Waals surface area contributed by atoms with Crippen molar-refractivity contribution < 1.29 is 9.53 Å². The lowest BCUT2D eigenvalue weighted by molar-refractivity contribution is 0.0576. The zero-order valence-corrected chi connectivity index (χ0v) is 11.2. The molecule has 0 radical (unpaired) electrons. The molecule has 5 nitrogen and oxygen atoms in total. The van der Waals surface area contributed by atoms with Gasteiger partial charge in [-0.2, -0.15) is 0 Å². The number of halogens is 1. The van der Waals surface area contributed by atoms with Crippen LogP contribution in [0.4, 0.5) is 0 Å². The fraction of sp³-hybridized carbons (Fsp3) is 0.0833. The van der Waals surface area contributed by atoms with Gasteiger partial charge in [0.25, 0.3) is 0 Å². The number of esters is 1. The molecule has 96 valence electrons. The quantitative estimate of drug-likeness (QED) is 0.595. The lowest BCUT2D eigenvalue weighted by Gasteiger charge is -2.00. The molecule has 1 N–H and O–H groups in total. The molecule has 0 atom stereocenters.